The third kappa shape index (κ3) is 4.96. The number of carbonyl (C=O) groups is 4. The quantitative estimate of drug-likeness (QED) is 0.527. The number of benzene rings is 2. The molecule has 3 rings (SSSR count). The Hall–Kier alpha value is -3.68. The lowest BCUT2D eigenvalue weighted by atomic mass is 10.1. The molecule has 1 saturated heterocycles. The van der Waals surface area contributed by atoms with Gasteiger partial charge in [0.15, 0.2) is 0 Å². The Balaban J connectivity index is 1.77. The average Bonchev–Trinajstić information content (AvgIpc) is 2.98. The molecule has 0 unspecified atom stereocenters. The molecule has 2 aromatic rings. The lowest BCUT2D eigenvalue weighted by Crippen LogP contribution is -2.40. The van der Waals surface area contributed by atoms with Crippen LogP contribution < -0.4 is 10.2 Å². The number of anilines is 2. The van der Waals surface area contributed by atoms with Gasteiger partial charge in [0, 0.05) is 12.2 Å². The lowest BCUT2D eigenvalue weighted by Gasteiger charge is -2.23. The molecular formula is C24H27N3O5. The second-order valence-corrected chi connectivity index (χ2v) is 8.18. The van der Waals surface area contributed by atoms with Gasteiger partial charge in [0.2, 0.25) is 5.91 Å². The van der Waals surface area contributed by atoms with E-state index in [-0.39, 0.29) is 12.3 Å². The number of methoxy groups -OCH3 is 1. The molecule has 1 aliphatic rings. The van der Waals surface area contributed by atoms with Gasteiger partial charge in [-0.1, -0.05) is 31.5 Å². The van der Waals surface area contributed by atoms with Crippen LogP contribution in [0.1, 0.15) is 36.2 Å². The zero-order chi connectivity index (χ0) is 23.4. The highest BCUT2D eigenvalue weighted by Crippen LogP contribution is 2.28. The van der Waals surface area contributed by atoms with Gasteiger partial charge in [-0.05, 0) is 49.2 Å². The Bertz CT molecular complexity index is 1010. The normalized spacial score (nSPS) is 16.0. The third-order valence-corrected chi connectivity index (χ3v) is 5.14. The Morgan fingerprint density at radius 1 is 1.03 bits per heavy atom. The number of imide groups is 1. The Labute approximate surface area is 187 Å². The number of esters is 1. The molecule has 32 heavy (non-hydrogen) atoms. The van der Waals surface area contributed by atoms with E-state index in [2.05, 4.69) is 10.1 Å². The fourth-order valence-corrected chi connectivity index (χ4v) is 3.56. The first-order valence-electron chi connectivity index (χ1n) is 10.4. The molecule has 1 N–H and O–H groups in total. The monoisotopic (exact) mass is 437 g/mol. The summed E-state index contributed by atoms with van der Waals surface area (Å²) < 4.78 is 4.66. The number of hydrogen-bond acceptors (Lipinski definition) is 5. The Morgan fingerprint density at radius 2 is 1.66 bits per heavy atom. The van der Waals surface area contributed by atoms with Crippen LogP contribution in [-0.2, 0) is 14.3 Å². The highest BCUT2D eigenvalue weighted by atomic mass is 16.5. The van der Waals surface area contributed by atoms with Gasteiger partial charge in [-0.3, -0.25) is 9.59 Å². The summed E-state index contributed by atoms with van der Waals surface area (Å²) >= 11 is 0. The topological polar surface area (TPSA) is 96.0 Å². The minimum absolute atomic E-state index is 0.126. The van der Waals surface area contributed by atoms with Crippen LogP contribution in [0.15, 0.2) is 48.5 Å². The zero-order valence-electron chi connectivity index (χ0n) is 18.6. The molecule has 2 aromatic carbocycles. The number of amides is 4. The fourth-order valence-electron chi connectivity index (χ4n) is 3.56. The molecule has 1 atom stereocenters. The van der Waals surface area contributed by atoms with Crippen molar-refractivity contribution in [3.05, 3.63) is 59.7 Å². The summed E-state index contributed by atoms with van der Waals surface area (Å²) in [4.78, 5) is 53.1. The summed E-state index contributed by atoms with van der Waals surface area (Å²) in [5, 5.41) is 2.72. The van der Waals surface area contributed by atoms with Crippen LogP contribution in [-0.4, -0.2) is 48.4 Å². The van der Waals surface area contributed by atoms with Crippen LogP contribution in [0.4, 0.5) is 16.2 Å². The molecule has 8 nitrogen and oxygen atoms in total. The van der Waals surface area contributed by atoms with E-state index in [0.29, 0.717) is 23.5 Å². The average molecular weight is 437 g/mol. The van der Waals surface area contributed by atoms with E-state index in [1.165, 1.54) is 24.1 Å². The predicted octanol–water partition coefficient (Wildman–Crippen LogP) is 3.60. The molecule has 0 radical (unpaired) electrons. The summed E-state index contributed by atoms with van der Waals surface area (Å²) in [6, 6.07) is 12.0. The van der Waals surface area contributed by atoms with E-state index in [4.69, 9.17) is 0 Å². The molecule has 1 heterocycles. The summed E-state index contributed by atoms with van der Waals surface area (Å²) in [5.74, 6) is -1.17. The number of rotatable bonds is 7. The van der Waals surface area contributed by atoms with Crippen LogP contribution >= 0.6 is 0 Å². The minimum Gasteiger partial charge on any atom is -0.465 e. The summed E-state index contributed by atoms with van der Waals surface area (Å²) in [6.45, 7) is 6.19. The number of nitrogens with one attached hydrogen (secondary N) is 1. The van der Waals surface area contributed by atoms with Crippen LogP contribution in [0.2, 0.25) is 0 Å². The fraction of sp³-hybridized carbons (Fsp3) is 0.333. The van der Waals surface area contributed by atoms with Gasteiger partial charge >= 0.3 is 12.0 Å². The van der Waals surface area contributed by atoms with E-state index in [1.54, 1.807) is 24.3 Å². The molecule has 4 amide bonds. The lowest BCUT2D eigenvalue weighted by molar-refractivity contribution is -0.124. The summed E-state index contributed by atoms with van der Waals surface area (Å²) in [5.41, 5.74) is 2.34. The predicted molar refractivity (Wildman–Crippen MR) is 120 cm³/mol. The van der Waals surface area contributed by atoms with Crippen molar-refractivity contribution in [2.75, 3.05) is 23.9 Å². The standard InChI is InChI=1S/C24H27N3O5/c1-15(2)14-26-20(22(29)27(24(26)31)19-11-5-16(3)6-12-19)13-21(28)25-18-9-7-17(8-10-18)23(30)32-4/h5-12,15,20H,13-14H2,1-4H3,(H,25,28)/t20-/m1/s1. The van der Waals surface area contributed by atoms with Gasteiger partial charge in [0.05, 0.1) is 24.8 Å². The van der Waals surface area contributed by atoms with Crippen molar-refractivity contribution < 1.29 is 23.9 Å². The van der Waals surface area contributed by atoms with Crippen LogP contribution in [0, 0.1) is 12.8 Å². The highest BCUT2D eigenvalue weighted by molar-refractivity contribution is 6.22. The molecule has 0 bridgehead atoms. The molecule has 0 spiro atoms. The van der Waals surface area contributed by atoms with Crippen LogP contribution in [0.5, 0.6) is 0 Å². The van der Waals surface area contributed by atoms with Crippen molar-refractivity contribution in [2.45, 2.75) is 33.2 Å². The smallest absolute Gasteiger partial charge is 0.337 e. The molecule has 168 valence electrons. The number of ether oxygens (including phenoxy) is 1. The van der Waals surface area contributed by atoms with E-state index >= 15 is 0 Å². The van der Waals surface area contributed by atoms with Crippen molar-refractivity contribution >= 4 is 35.2 Å². The molecule has 0 aliphatic carbocycles. The van der Waals surface area contributed by atoms with E-state index in [1.807, 2.05) is 32.9 Å². The molecule has 8 heteroatoms. The number of urea groups is 1. The Kier molecular flexibility index (Phi) is 6.92. The number of carbonyl (C=O) groups excluding carboxylic acids is 4. The summed E-state index contributed by atoms with van der Waals surface area (Å²) in [7, 11) is 1.29. The molecular weight excluding hydrogens is 410 g/mol. The number of nitrogens with zero attached hydrogens (tertiary/aromatic N) is 2. The Morgan fingerprint density at radius 3 is 2.22 bits per heavy atom. The van der Waals surface area contributed by atoms with Crippen molar-refractivity contribution in [3.8, 4) is 0 Å². The maximum Gasteiger partial charge on any atom is 0.337 e. The maximum atomic E-state index is 13.2. The van der Waals surface area contributed by atoms with Gasteiger partial charge in [0.25, 0.3) is 5.91 Å². The minimum atomic E-state index is -0.888. The third-order valence-electron chi connectivity index (χ3n) is 5.14. The largest absolute Gasteiger partial charge is 0.465 e. The highest BCUT2D eigenvalue weighted by Gasteiger charge is 2.46. The number of aryl methyl sites for hydroxylation is 1. The molecule has 0 saturated carbocycles. The van der Waals surface area contributed by atoms with Crippen molar-refractivity contribution in [1.82, 2.24) is 4.90 Å². The van der Waals surface area contributed by atoms with Gasteiger partial charge in [-0.15, -0.1) is 0 Å². The molecule has 0 aromatic heterocycles. The summed E-state index contributed by atoms with van der Waals surface area (Å²) in [6.07, 6.45) is -0.168. The first-order valence-corrected chi connectivity index (χ1v) is 10.4. The van der Waals surface area contributed by atoms with Gasteiger partial charge in [0.1, 0.15) is 6.04 Å². The van der Waals surface area contributed by atoms with Crippen LogP contribution in [0.25, 0.3) is 0 Å². The van der Waals surface area contributed by atoms with E-state index < -0.39 is 29.9 Å². The molecule has 1 fully saturated rings. The SMILES string of the molecule is COC(=O)c1ccc(NC(=O)C[C@@H]2C(=O)N(c3ccc(C)cc3)C(=O)N2CC(C)C)cc1. The second-order valence-electron chi connectivity index (χ2n) is 8.18. The van der Waals surface area contributed by atoms with Gasteiger partial charge in [-0.2, -0.15) is 0 Å². The first kappa shape index (κ1) is 23.0. The van der Waals surface area contributed by atoms with Gasteiger partial charge < -0.3 is 15.0 Å². The van der Waals surface area contributed by atoms with Crippen molar-refractivity contribution in [1.29, 1.82) is 0 Å². The van der Waals surface area contributed by atoms with Gasteiger partial charge in [-0.25, -0.2) is 14.5 Å². The van der Waals surface area contributed by atoms with Crippen LogP contribution in [0.3, 0.4) is 0 Å². The number of hydrogen-bond donors (Lipinski definition) is 1. The van der Waals surface area contributed by atoms with E-state index in [9.17, 15) is 19.2 Å². The van der Waals surface area contributed by atoms with E-state index in [0.717, 1.165) is 10.5 Å². The van der Waals surface area contributed by atoms with Crippen molar-refractivity contribution in [3.63, 3.8) is 0 Å². The zero-order valence-corrected chi connectivity index (χ0v) is 18.6. The second kappa shape index (κ2) is 9.64. The molecule has 1 aliphatic heterocycles. The maximum absolute atomic E-state index is 13.2. The first-order chi connectivity index (χ1) is 15.2. The van der Waals surface area contributed by atoms with Crippen molar-refractivity contribution in [2.24, 2.45) is 5.92 Å².